The first-order valence-corrected chi connectivity index (χ1v) is 9.77. The van der Waals surface area contributed by atoms with Crippen molar-refractivity contribution < 1.29 is 17.9 Å². The van der Waals surface area contributed by atoms with Gasteiger partial charge < -0.3 is 10.1 Å². The minimum absolute atomic E-state index is 0.359. The largest absolute Gasteiger partial charge is 0.496 e. The van der Waals surface area contributed by atoms with Crippen molar-refractivity contribution in [3.8, 4) is 17.0 Å². The molecule has 27 heavy (non-hydrogen) atoms. The van der Waals surface area contributed by atoms with E-state index >= 15 is 0 Å². The Labute approximate surface area is 166 Å². The summed E-state index contributed by atoms with van der Waals surface area (Å²) in [7, 11) is 1.62. The molecule has 8 heteroatoms. The fourth-order valence-electron chi connectivity index (χ4n) is 3.18. The number of ether oxygens (including phenoxy) is 1. The summed E-state index contributed by atoms with van der Waals surface area (Å²) >= 11 is 5.04. The third-order valence-electron chi connectivity index (χ3n) is 4.41. The highest BCUT2D eigenvalue weighted by Gasteiger charge is 2.30. The van der Waals surface area contributed by atoms with Crippen LogP contribution in [0.15, 0.2) is 40.9 Å². The Bertz CT molecular complexity index is 1020. The SMILES string of the molecule is COc1ccc(Br)c2c1-c1nc(Nc3cccc(C(F)(F)F)c3)sc1CC2. The van der Waals surface area contributed by atoms with Gasteiger partial charge in [-0.15, -0.1) is 11.3 Å². The number of thiazole rings is 1. The number of halogens is 4. The highest BCUT2D eigenvalue weighted by Crippen LogP contribution is 2.45. The third kappa shape index (κ3) is 3.43. The predicted octanol–water partition coefficient (Wildman–Crippen LogP) is 6.44. The van der Waals surface area contributed by atoms with Crippen LogP contribution >= 0.6 is 27.3 Å². The first kappa shape index (κ1) is 18.3. The van der Waals surface area contributed by atoms with E-state index in [-0.39, 0.29) is 0 Å². The van der Waals surface area contributed by atoms with E-state index in [0.29, 0.717) is 10.8 Å². The molecule has 0 bridgehead atoms. The Balaban J connectivity index is 1.71. The van der Waals surface area contributed by atoms with Crippen LogP contribution in [0.5, 0.6) is 5.75 Å². The van der Waals surface area contributed by atoms with Gasteiger partial charge in [-0.25, -0.2) is 4.98 Å². The van der Waals surface area contributed by atoms with Gasteiger partial charge in [0.1, 0.15) is 5.75 Å². The maximum atomic E-state index is 12.9. The van der Waals surface area contributed by atoms with E-state index in [9.17, 15) is 13.2 Å². The molecule has 1 aliphatic carbocycles. The topological polar surface area (TPSA) is 34.1 Å². The lowest BCUT2D eigenvalue weighted by molar-refractivity contribution is -0.137. The number of anilines is 2. The second kappa shape index (κ2) is 6.83. The number of hydrogen-bond donors (Lipinski definition) is 1. The summed E-state index contributed by atoms with van der Waals surface area (Å²) in [6, 6.07) is 8.96. The summed E-state index contributed by atoms with van der Waals surface area (Å²) in [5, 5.41) is 3.58. The monoisotopic (exact) mass is 454 g/mol. The highest BCUT2D eigenvalue weighted by molar-refractivity contribution is 9.10. The Morgan fingerprint density at radius 2 is 2.00 bits per heavy atom. The molecule has 0 radical (unpaired) electrons. The molecular weight excluding hydrogens is 441 g/mol. The number of aryl methyl sites for hydroxylation is 1. The molecule has 0 atom stereocenters. The standard InChI is InChI=1S/C19H14BrF3N2OS/c1-26-14-7-6-13(20)12-5-8-15-17(16(12)14)25-18(27-15)24-11-4-2-3-10(9-11)19(21,22)23/h2-4,6-7,9H,5,8H2,1H3,(H,24,25). The van der Waals surface area contributed by atoms with Gasteiger partial charge in [0.2, 0.25) is 0 Å². The summed E-state index contributed by atoms with van der Waals surface area (Å²) in [4.78, 5) is 5.75. The first-order valence-electron chi connectivity index (χ1n) is 8.16. The Kier molecular flexibility index (Phi) is 4.63. The number of nitrogens with zero attached hydrogens (tertiary/aromatic N) is 1. The van der Waals surface area contributed by atoms with Crippen LogP contribution in [0.1, 0.15) is 16.0 Å². The lowest BCUT2D eigenvalue weighted by Crippen LogP contribution is -2.05. The van der Waals surface area contributed by atoms with Gasteiger partial charge in [0, 0.05) is 20.6 Å². The fraction of sp³-hybridized carbons (Fsp3) is 0.211. The molecule has 0 saturated carbocycles. The van der Waals surface area contributed by atoms with Crippen LogP contribution in [0.25, 0.3) is 11.3 Å². The quantitative estimate of drug-likeness (QED) is 0.494. The zero-order chi connectivity index (χ0) is 19.2. The van der Waals surface area contributed by atoms with Crippen LogP contribution in [0, 0.1) is 0 Å². The van der Waals surface area contributed by atoms with E-state index in [1.165, 1.54) is 17.4 Å². The second-order valence-electron chi connectivity index (χ2n) is 6.10. The molecule has 0 saturated heterocycles. The summed E-state index contributed by atoms with van der Waals surface area (Å²) in [5.41, 5.74) is 2.58. The maximum absolute atomic E-state index is 12.9. The second-order valence-corrected chi connectivity index (χ2v) is 8.04. The van der Waals surface area contributed by atoms with Crippen LogP contribution in [-0.2, 0) is 19.0 Å². The van der Waals surface area contributed by atoms with E-state index in [2.05, 4.69) is 26.2 Å². The van der Waals surface area contributed by atoms with Crippen LogP contribution in [0.3, 0.4) is 0 Å². The molecule has 3 aromatic rings. The van der Waals surface area contributed by atoms with Crippen LogP contribution in [0.2, 0.25) is 0 Å². The van der Waals surface area contributed by atoms with Crippen molar-refractivity contribution in [1.29, 1.82) is 0 Å². The lowest BCUT2D eigenvalue weighted by Gasteiger charge is -2.19. The Morgan fingerprint density at radius 3 is 2.74 bits per heavy atom. The van der Waals surface area contributed by atoms with Gasteiger partial charge in [-0.2, -0.15) is 13.2 Å². The summed E-state index contributed by atoms with van der Waals surface area (Å²) < 4.78 is 45.3. The summed E-state index contributed by atoms with van der Waals surface area (Å²) in [6.07, 6.45) is -2.69. The Hall–Kier alpha value is -2.06. The molecule has 0 spiro atoms. The molecule has 1 aliphatic rings. The molecule has 0 amide bonds. The molecule has 1 heterocycles. The summed E-state index contributed by atoms with van der Waals surface area (Å²) in [5.74, 6) is 0.741. The number of methoxy groups -OCH3 is 1. The molecule has 4 rings (SSSR count). The lowest BCUT2D eigenvalue weighted by atomic mass is 9.93. The molecule has 1 aromatic heterocycles. The van der Waals surface area contributed by atoms with Crippen molar-refractivity contribution in [1.82, 2.24) is 4.98 Å². The number of fused-ring (bicyclic) bond motifs is 3. The van der Waals surface area contributed by atoms with E-state index in [4.69, 9.17) is 4.74 Å². The normalized spacial score (nSPS) is 13.1. The number of benzene rings is 2. The predicted molar refractivity (Wildman–Crippen MR) is 104 cm³/mol. The van der Waals surface area contributed by atoms with Crippen LogP contribution in [-0.4, -0.2) is 12.1 Å². The number of rotatable bonds is 3. The molecule has 2 aromatic carbocycles. The van der Waals surface area contributed by atoms with Gasteiger partial charge >= 0.3 is 6.18 Å². The third-order valence-corrected chi connectivity index (χ3v) is 6.19. The van der Waals surface area contributed by atoms with Gasteiger partial charge in [0.15, 0.2) is 5.13 Å². The minimum Gasteiger partial charge on any atom is -0.496 e. The first-order chi connectivity index (χ1) is 12.9. The van der Waals surface area contributed by atoms with Crippen molar-refractivity contribution >= 4 is 38.1 Å². The molecule has 140 valence electrons. The zero-order valence-electron chi connectivity index (χ0n) is 14.2. The number of nitrogens with one attached hydrogen (secondary N) is 1. The van der Waals surface area contributed by atoms with Gasteiger partial charge in [0.05, 0.1) is 18.4 Å². The van der Waals surface area contributed by atoms with Crippen molar-refractivity contribution in [2.75, 3.05) is 12.4 Å². The minimum atomic E-state index is -4.38. The van der Waals surface area contributed by atoms with E-state index < -0.39 is 11.7 Å². The van der Waals surface area contributed by atoms with Gasteiger partial charge in [0.25, 0.3) is 0 Å². The van der Waals surface area contributed by atoms with Gasteiger partial charge in [-0.05, 0) is 48.7 Å². The maximum Gasteiger partial charge on any atom is 0.416 e. The van der Waals surface area contributed by atoms with Crippen molar-refractivity contribution in [3.63, 3.8) is 0 Å². The van der Waals surface area contributed by atoms with Gasteiger partial charge in [-0.1, -0.05) is 22.0 Å². The average molecular weight is 455 g/mol. The molecule has 0 fully saturated rings. The van der Waals surface area contributed by atoms with Crippen molar-refractivity contribution in [3.05, 3.63) is 56.9 Å². The number of aromatic nitrogens is 1. The van der Waals surface area contributed by atoms with E-state index in [1.54, 1.807) is 13.2 Å². The summed E-state index contributed by atoms with van der Waals surface area (Å²) in [6.45, 7) is 0. The van der Waals surface area contributed by atoms with Crippen LogP contribution in [0.4, 0.5) is 24.0 Å². The number of hydrogen-bond acceptors (Lipinski definition) is 4. The molecule has 3 nitrogen and oxygen atoms in total. The van der Waals surface area contributed by atoms with Crippen LogP contribution < -0.4 is 10.1 Å². The zero-order valence-corrected chi connectivity index (χ0v) is 16.6. The molecule has 1 N–H and O–H groups in total. The van der Waals surface area contributed by atoms with E-state index in [1.807, 2.05) is 12.1 Å². The molecule has 0 unspecified atom stereocenters. The van der Waals surface area contributed by atoms with Crippen molar-refractivity contribution in [2.24, 2.45) is 0 Å². The number of alkyl halides is 3. The fourth-order valence-corrected chi connectivity index (χ4v) is 4.70. The van der Waals surface area contributed by atoms with Crippen molar-refractivity contribution in [2.45, 2.75) is 19.0 Å². The highest BCUT2D eigenvalue weighted by atomic mass is 79.9. The smallest absolute Gasteiger partial charge is 0.416 e. The molecule has 0 aliphatic heterocycles. The average Bonchev–Trinajstić information content (AvgIpc) is 3.04. The van der Waals surface area contributed by atoms with Gasteiger partial charge in [-0.3, -0.25) is 0 Å². The Morgan fingerprint density at radius 1 is 1.19 bits per heavy atom. The molecular formula is C19H14BrF3N2OS. The van der Waals surface area contributed by atoms with E-state index in [0.717, 1.165) is 56.9 Å².